The first-order valence-electron chi connectivity index (χ1n) is 5.44. The summed E-state index contributed by atoms with van der Waals surface area (Å²) in [5.74, 6) is -1.82. The van der Waals surface area contributed by atoms with E-state index in [2.05, 4.69) is 26.2 Å². The van der Waals surface area contributed by atoms with Gasteiger partial charge < -0.3 is 10.4 Å². The number of rotatable bonds is 3. The number of hydrogen-bond acceptors (Lipinski definition) is 3. The third-order valence-electron chi connectivity index (χ3n) is 2.43. The van der Waals surface area contributed by atoms with Gasteiger partial charge in [-0.25, -0.2) is 4.79 Å². The van der Waals surface area contributed by atoms with Gasteiger partial charge in [0.25, 0.3) is 5.91 Å². The van der Waals surface area contributed by atoms with Gasteiger partial charge in [0, 0.05) is 15.7 Å². The smallest absolute Gasteiger partial charge is 0.338 e. The van der Waals surface area contributed by atoms with Crippen LogP contribution in [0.25, 0.3) is 0 Å². The van der Waals surface area contributed by atoms with Crippen LogP contribution in [0.4, 0.5) is 5.69 Å². The minimum absolute atomic E-state index is 0.151. The molecule has 0 atom stereocenters. The van der Waals surface area contributed by atoms with E-state index in [1.807, 2.05) is 0 Å². The number of hydrogen-bond donors (Lipinski definition) is 2. The van der Waals surface area contributed by atoms with E-state index in [1.165, 1.54) is 18.3 Å². The minimum Gasteiger partial charge on any atom is -0.478 e. The zero-order valence-corrected chi connectivity index (χ0v) is 12.3. The summed E-state index contributed by atoms with van der Waals surface area (Å²) in [4.78, 5) is 26.9. The van der Waals surface area contributed by atoms with Crippen LogP contribution >= 0.6 is 27.5 Å². The van der Waals surface area contributed by atoms with Crippen molar-refractivity contribution in [3.8, 4) is 0 Å². The molecule has 1 heterocycles. The zero-order chi connectivity index (χ0) is 14.7. The van der Waals surface area contributed by atoms with Crippen molar-refractivity contribution in [1.82, 2.24) is 4.98 Å². The second-order valence-electron chi connectivity index (χ2n) is 3.78. The number of aromatic nitrogens is 1. The minimum atomic E-state index is -1.21. The van der Waals surface area contributed by atoms with Crippen molar-refractivity contribution >= 4 is 45.1 Å². The van der Waals surface area contributed by atoms with Gasteiger partial charge in [-0.1, -0.05) is 11.6 Å². The summed E-state index contributed by atoms with van der Waals surface area (Å²) in [7, 11) is 0. The van der Waals surface area contributed by atoms with E-state index in [0.29, 0.717) is 15.2 Å². The molecule has 20 heavy (non-hydrogen) atoms. The summed E-state index contributed by atoms with van der Waals surface area (Å²) < 4.78 is 0.589. The maximum Gasteiger partial charge on any atom is 0.338 e. The Balaban J connectivity index is 2.31. The molecule has 1 aromatic carbocycles. The Kier molecular flexibility index (Phi) is 4.36. The van der Waals surface area contributed by atoms with E-state index < -0.39 is 11.9 Å². The van der Waals surface area contributed by atoms with Crippen molar-refractivity contribution in [3.63, 3.8) is 0 Å². The molecule has 5 nitrogen and oxygen atoms in total. The van der Waals surface area contributed by atoms with Crippen LogP contribution in [0.1, 0.15) is 20.8 Å². The van der Waals surface area contributed by atoms with Crippen molar-refractivity contribution in [2.24, 2.45) is 0 Å². The third kappa shape index (κ3) is 3.15. The van der Waals surface area contributed by atoms with Gasteiger partial charge in [0.2, 0.25) is 0 Å². The lowest BCUT2D eigenvalue weighted by Crippen LogP contribution is -2.18. The molecule has 0 aliphatic rings. The number of aromatic carboxylic acids is 1. The van der Waals surface area contributed by atoms with Crippen molar-refractivity contribution in [2.75, 3.05) is 5.32 Å². The molecule has 0 radical (unpaired) electrons. The third-order valence-corrected chi connectivity index (χ3v) is 3.32. The fourth-order valence-electron chi connectivity index (χ4n) is 1.53. The molecule has 0 saturated carbocycles. The maximum absolute atomic E-state index is 12.1. The highest BCUT2D eigenvalue weighted by molar-refractivity contribution is 9.10. The molecule has 2 aromatic rings. The molecule has 0 unspecified atom stereocenters. The van der Waals surface area contributed by atoms with Crippen molar-refractivity contribution in [1.29, 1.82) is 0 Å². The van der Waals surface area contributed by atoms with Crippen LogP contribution in [-0.2, 0) is 0 Å². The van der Waals surface area contributed by atoms with E-state index in [1.54, 1.807) is 18.2 Å². The predicted octanol–water partition coefficient (Wildman–Crippen LogP) is 3.45. The fourth-order valence-corrected chi connectivity index (χ4v) is 2.31. The Bertz CT molecular complexity index is 691. The number of amides is 1. The van der Waals surface area contributed by atoms with E-state index in [-0.39, 0.29) is 11.3 Å². The molecule has 2 N–H and O–H groups in total. The van der Waals surface area contributed by atoms with Crippen molar-refractivity contribution in [3.05, 3.63) is 57.3 Å². The highest BCUT2D eigenvalue weighted by Crippen LogP contribution is 2.26. The largest absolute Gasteiger partial charge is 0.478 e. The number of nitrogens with one attached hydrogen (secondary N) is 1. The number of nitrogens with zero attached hydrogens (tertiary/aromatic N) is 1. The van der Waals surface area contributed by atoms with E-state index in [4.69, 9.17) is 16.7 Å². The summed E-state index contributed by atoms with van der Waals surface area (Å²) in [6, 6.07) is 7.61. The standard InChI is InChI=1S/C13H8BrClN2O3/c14-9-6-7(15)3-4-10(9)17-12(18)11-8(13(19)20)2-1-5-16-11/h1-6H,(H,17,18)(H,19,20). The van der Waals surface area contributed by atoms with Gasteiger partial charge in [-0.2, -0.15) is 0 Å². The number of carbonyl (C=O) groups excluding carboxylic acids is 1. The Morgan fingerprint density at radius 2 is 2.05 bits per heavy atom. The van der Waals surface area contributed by atoms with Crippen LogP contribution in [0, 0.1) is 0 Å². The number of anilines is 1. The Morgan fingerprint density at radius 3 is 2.70 bits per heavy atom. The molecule has 102 valence electrons. The van der Waals surface area contributed by atoms with Gasteiger partial charge in [-0.05, 0) is 46.3 Å². The van der Waals surface area contributed by atoms with Crippen LogP contribution in [0.3, 0.4) is 0 Å². The molecule has 0 fully saturated rings. The molecule has 7 heteroatoms. The number of pyridine rings is 1. The van der Waals surface area contributed by atoms with Gasteiger partial charge in [-0.15, -0.1) is 0 Å². The van der Waals surface area contributed by atoms with Crippen LogP contribution < -0.4 is 5.32 Å². The summed E-state index contributed by atoms with van der Waals surface area (Å²) in [6.45, 7) is 0. The summed E-state index contributed by atoms with van der Waals surface area (Å²) in [5.41, 5.74) is 0.165. The average molecular weight is 356 g/mol. The Morgan fingerprint density at radius 1 is 1.30 bits per heavy atom. The van der Waals surface area contributed by atoms with E-state index in [0.717, 1.165) is 0 Å². The lowest BCUT2D eigenvalue weighted by Gasteiger charge is -2.08. The second-order valence-corrected chi connectivity index (χ2v) is 5.07. The van der Waals surface area contributed by atoms with Crippen LogP contribution in [0.5, 0.6) is 0 Å². The van der Waals surface area contributed by atoms with Gasteiger partial charge in [0.15, 0.2) is 0 Å². The Labute approximate surface area is 127 Å². The monoisotopic (exact) mass is 354 g/mol. The molecule has 0 saturated heterocycles. The molecule has 0 bridgehead atoms. The molecular weight excluding hydrogens is 348 g/mol. The molecular formula is C13H8BrClN2O3. The van der Waals surface area contributed by atoms with E-state index >= 15 is 0 Å². The molecule has 0 aliphatic carbocycles. The molecule has 0 spiro atoms. The van der Waals surface area contributed by atoms with Gasteiger partial charge in [-0.3, -0.25) is 9.78 Å². The lowest BCUT2D eigenvalue weighted by atomic mass is 10.2. The van der Waals surface area contributed by atoms with E-state index in [9.17, 15) is 9.59 Å². The highest BCUT2D eigenvalue weighted by Gasteiger charge is 2.18. The van der Waals surface area contributed by atoms with Crippen molar-refractivity contribution in [2.45, 2.75) is 0 Å². The quantitative estimate of drug-likeness (QED) is 0.884. The summed E-state index contributed by atoms with van der Waals surface area (Å²) >= 11 is 9.06. The first-order chi connectivity index (χ1) is 9.49. The summed E-state index contributed by atoms with van der Waals surface area (Å²) in [6.07, 6.45) is 1.36. The number of carboxylic acids is 1. The average Bonchev–Trinajstić information content (AvgIpc) is 2.41. The fraction of sp³-hybridized carbons (Fsp3) is 0. The van der Waals surface area contributed by atoms with Gasteiger partial charge >= 0.3 is 5.97 Å². The molecule has 1 amide bonds. The molecule has 2 rings (SSSR count). The highest BCUT2D eigenvalue weighted by atomic mass is 79.9. The first-order valence-corrected chi connectivity index (χ1v) is 6.61. The Hall–Kier alpha value is -1.92. The number of carbonyl (C=O) groups is 2. The van der Waals surface area contributed by atoms with Gasteiger partial charge in [0.1, 0.15) is 5.69 Å². The topological polar surface area (TPSA) is 79.3 Å². The van der Waals surface area contributed by atoms with Gasteiger partial charge in [0.05, 0.1) is 11.3 Å². The SMILES string of the molecule is O=C(O)c1cccnc1C(=O)Nc1ccc(Cl)cc1Br. The molecule has 0 aliphatic heterocycles. The lowest BCUT2D eigenvalue weighted by molar-refractivity contribution is 0.0691. The van der Waals surface area contributed by atoms with Crippen molar-refractivity contribution < 1.29 is 14.7 Å². The number of carboxylic acid groups (broad SMARTS) is 1. The van der Waals surface area contributed by atoms with Crippen LogP contribution in [0.15, 0.2) is 41.0 Å². The zero-order valence-electron chi connectivity index (χ0n) is 9.93. The number of benzene rings is 1. The predicted molar refractivity (Wildman–Crippen MR) is 78.3 cm³/mol. The molecule has 1 aromatic heterocycles. The summed E-state index contributed by atoms with van der Waals surface area (Å²) in [5, 5.41) is 12.1. The normalized spacial score (nSPS) is 10.1. The van der Waals surface area contributed by atoms with Crippen LogP contribution in [-0.4, -0.2) is 22.0 Å². The van der Waals surface area contributed by atoms with Crippen LogP contribution in [0.2, 0.25) is 5.02 Å². The maximum atomic E-state index is 12.1. The number of halogens is 2. The first kappa shape index (κ1) is 14.5. The second kappa shape index (κ2) is 6.02.